The fraction of sp³-hybridized carbons (Fsp3) is 0. The second-order valence-corrected chi connectivity index (χ2v) is 3.60. The first-order chi connectivity index (χ1) is 8.16. The Balaban J connectivity index is 2.52. The Morgan fingerprint density at radius 3 is 2.88 bits per heavy atom. The van der Waals surface area contributed by atoms with Crippen LogP contribution < -0.4 is 5.56 Å². The number of aromatic carboxylic acids is 1. The average molecular weight is 229 g/mol. The van der Waals surface area contributed by atoms with Gasteiger partial charge in [-0.1, -0.05) is 12.1 Å². The van der Waals surface area contributed by atoms with Crippen LogP contribution in [-0.2, 0) is 0 Å². The molecule has 0 radical (unpaired) electrons. The quantitative estimate of drug-likeness (QED) is 0.648. The molecule has 2 aromatic heterocycles. The lowest BCUT2D eigenvalue weighted by molar-refractivity contribution is 0.0694. The summed E-state index contributed by atoms with van der Waals surface area (Å²) in [6.07, 6.45) is 1.28. The van der Waals surface area contributed by atoms with Gasteiger partial charge in [0.2, 0.25) is 5.78 Å². The molecule has 0 bridgehead atoms. The number of hydrogen-bond acceptors (Lipinski definition) is 3. The molecule has 3 rings (SSSR count). The molecule has 84 valence electrons. The molecule has 6 nitrogen and oxygen atoms in total. The van der Waals surface area contributed by atoms with E-state index in [9.17, 15) is 9.59 Å². The summed E-state index contributed by atoms with van der Waals surface area (Å²) in [5.74, 6) is -0.924. The molecular weight excluding hydrogens is 222 g/mol. The molecule has 0 aliphatic rings. The van der Waals surface area contributed by atoms with E-state index in [0.29, 0.717) is 11.3 Å². The third-order valence-electron chi connectivity index (χ3n) is 2.55. The first-order valence-corrected chi connectivity index (χ1v) is 4.90. The number of benzene rings is 1. The monoisotopic (exact) mass is 229 g/mol. The number of nitrogens with one attached hydrogen (secondary N) is 1. The highest BCUT2D eigenvalue weighted by molar-refractivity contribution is 5.88. The van der Waals surface area contributed by atoms with Crippen LogP contribution in [-0.4, -0.2) is 25.4 Å². The van der Waals surface area contributed by atoms with Gasteiger partial charge in [0.1, 0.15) is 5.56 Å². The fourth-order valence-electron chi connectivity index (χ4n) is 1.77. The number of fused-ring (bicyclic) bond motifs is 3. The van der Waals surface area contributed by atoms with Gasteiger partial charge in [-0.2, -0.15) is 0 Å². The van der Waals surface area contributed by atoms with Crippen molar-refractivity contribution in [2.24, 2.45) is 0 Å². The number of imidazole rings is 1. The number of carboxylic acid groups (broad SMARTS) is 1. The van der Waals surface area contributed by atoms with Crippen LogP contribution in [0.2, 0.25) is 0 Å². The number of carbonyl (C=O) groups is 1. The van der Waals surface area contributed by atoms with Crippen molar-refractivity contribution in [3.8, 4) is 0 Å². The Morgan fingerprint density at radius 1 is 1.35 bits per heavy atom. The highest BCUT2D eigenvalue weighted by Crippen LogP contribution is 2.13. The van der Waals surface area contributed by atoms with Crippen molar-refractivity contribution in [2.75, 3.05) is 0 Å². The van der Waals surface area contributed by atoms with Crippen LogP contribution in [0, 0.1) is 0 Å². The van der Waals surface area contributed by atoms with Gasteiger partial charge in [-0.15, -0.1) is 0 Å². The lowest BCUT2D eigenvalue weighted by Gasteiger charge is -1.97. The number of nitrogens with zero attached hydrogens (tertiary/aromatic N) is 2. The first kappa shape index (κ1) is 9.59. The Labute approximate surface area is 94.2 Å². The maximum absolute atomic E-state index is 11.5. The number of rotatable bonds is 1. The van der Waals surface area contributed by atoms with E-state index in [1.54, 1.807) is 16.5 Å². The molecule has 17 heavy (non-hydrogen) atoms. The van der Waals surface area contributed by atoms with Gasteiger partial charge in [0.25, 0.3) is 5.56 Å². The highest BCUT2D eigenvalue weighted by atomic mass is 16.4. The van der Waals surface area contributed by atoms with Gasteiger partial charge in [0.05, 0.1) is 11.0 Å². The standard InChI is InChI=1S/C11H7N3O3/c15-9-6(10(16)17)5-14-8-4-2-1-3-7(8)12-11(14)13-9/h1-5H,(H,16,17)(H,12,13,15). The van der Waals surface area contributed by atoms with Crippen LogP contribution in [0.25, 0.3) is 16.8 Å². The molecule has 0 aliphatic carbocycles. The van der Waals surface area contributed by atoms with Gasteiger partial charge >= 0.3 is 5.97 Å². The second-order valence-electron chi connectivity index (χ2n) is 3.60. The Hall–Kier alpha value is -2.63. The third-order valence-corrected chi connectivity index (χ3v) is 2.55. The van der Waals surface area contributed by atoms with E-state index in [4.69, 9.17) is 5.11 Å². The van der Waals surface area contributed by atoms with Crippen LogP contribution in [0.1, 0.15) is 10.4 Å². The zero-order valence-electron chi connectivity index (χ0n) is 8.54. The zero-order valence-corrected chi connectivity index (χ0v) is 8.54. The lowest BCUT2D eigenvalue weighted by atomic mass is 10.3. The summed E-state index contributed by atoms with van der Waals surface area (Å²) < 4.78 is 1.56. The summed E-state index contributed by atoms with van der Waals surface area (Å²) in [5, 5.41) is 8.88. The van der Waals surface area contributed by atoms with Crippen molar-refractivity contribution in [3.63, 3.8) is 0 Å². The average Bonchev–Trinajstić information content (AvgIpc) is 2.64. The molecule has 2 heterocycles. The van der Waals surface area contributed by atoms with Crippen LogP contribution in [0.5, 0.6) is 0 Å². The van der Waals surface area contributed by atoms with E-state index in [1.807, 2.05) is 12.1 Å². The summed E-state index contributed by atoms with van der Waals surface area (Å²) in [5.41, 5.74) is 0.493. The zero-order chi connectivity index (χ0) is 12.0. The molecule has 0 amide bonds. The topological polar surface area (TPSA) is 87.5 Å². The largest absolute Gasteiger partial charge is 0.477 e. The molecule has 0 atom stereocenters. The van der Waals surface area contributed by atoms with E-state index >= 15 is 0 Å². The van der Waals surface area contributed by atoms with Crippen molar-refractivity contribution in [1.29, 1.82) is 0 Å². The van der Waals surface area contributed by atoms with Crippen molar-refractivity contribution in [2.45, 2.75) is 0 Å². The number of aromatic amines is 1. The maximum atomic E-state index is 11.5. The van der Waals surface area contributed by atoms with Gasteiger partial charge in [-0.05, 0) is 12.1 Å². The SMILES string of the molecule is O=C(O)c1cn2c(nc3ccccc32)[nH]c1=O. The fourth-order valence-corrected chi connectivity index (χ4v) is 1.77. The molecule has 0 fully saturated rings. The minimum absolute atomic E-state index is 0.305. The van der Waals surface area contributed by atoms with E-state index in [0.717, 1.165) is 5.52 Å². The van der Waals surface area contributed by atoms with Crippen molar-refractivity contribution in [3.05, 3.63) is 46.4 Å². The van der Waals surface area contributed by atoms with E-state index < -0.39 is 11.5 Å². The highest BCUT2D eigenvalue weighted by Gasteiger charge is 2.12. The van der Waals surface area contributed by atoms with Crippen LogP contribution >= 0.6 is 0 Å². The number of H-pyrrole nitrogens is 1. The Bertz CT molecular complexity index is 800. The normalized spacial score (nSPS) is 11.1. The van der Waals surface area contributed by atoms with E-state index in [2.05, 4.69) is 9.97 Å². The van der Waals surface area contributed by atoms with Crippen molar-refractivity contribution >= 4 is 22.8 Å². The van der Waals surface area contributed by atoms with Crippen molar-refractivity contribution < 1.29 is 9.90 Å². The van der Waals surface area contributed by atoms with Gasteiger partial charge in [0.15, 0.2) is 0 Å². The minimum Gasteiger partial charge on any atom is -0.477 e. The molecule has 0 saturated heterocycles. The van der Waals surface area contributed by atoms with Crippen molar-refractivity contribution in [1.82, 2.24) is 14.4 Å². The molecular formula is C11H7N3O3. The molecule has 0 saturated carbocycles. The molecule has 1 aromatic carbocycles. The molecule has 2 N–H and O–H groups in total. The molecule has 6 heteroatoms. The van der Waals surface area contributed by atoms with Gasteiger partial charge in [0, 0.05) is 6.20 Å². The van der Waals surface area contributed by atoms with Crippen LogP contribution in [0.3, 0.4) is 0 Å². The summed E-state index contributed by atoms with van der Waals surface area (Å²) in [6, 6.07) is 7.24. The predicted octanol–water partition coefficient (Wildman–Crippen LogP) is 0.874. The minimum atomic E-state index is -1.26. The molecule has 0 aliphatic heterocycles. The van der Waals surface area contributed by atoms with Gasteiger partial charge in [-0.25, -0.2) is 9.78 Å². The number of aromatic nitrogens is 3. The smallest absolute Gasteiger partial charge is 0.342 e. The van der Waals surface area contributed by atoms with Gasteiger partial charge in [-0.3, -0.25) is 14.2 Å². The Morgan fingerprint density at radius 2 is 2.12 bits per heavy atom. The summed E-state index contributed by atoms with van der Waals surface area (Å²) in [6.45, 7) is 0. The van der Waals surface area contributed by atoms with E-state index in [-0.39, 0.29) is 5.56 Å². The lowest BCUT2D eigenvalue weighted by Crippen LogP contribution is -2.19. The summed E-state index contributed by atoms with van der Waals surface area (Å²) >= 11 is 0. The van der Waals surface area contributed by atoms with Crippen LogP contribution in [0.4, 0.5) is 0 Å². The Kier molecular flexibility index (Phi) is 1.79. The number of para-hydroxylation sites is 2. The summed E-state index contributed by atoms with van der Waals surface area (Å²) in [4.78, 5) is 29.0. The first-order valence-electron chi connectivity index (χ1n) is 4.90. The summed E-state index contributed by atoms with van der Waals surface area (Å²) in [7, 11) is 0. The molecule has 3 aromatic rings. The number of carboxylic acids is 1. The molecule has 0 unspecified atom stereocenters. The van der Waals surface area contributed by atoms with E-state index in [1.165, 1.54) is 6.20 Å². The van der Waals surface area contributed by atoms with Crippen LogP contribution in [0.15, 0.2) is 35.3 Å². The maximum Gasteiger partial charge on any atom is 0.342 e. The molecule has 0 spiro atoms. The number of hydrogen-bond donors (Lipinski definition) is 2. The predicted molar refractivity (Wildman–Crippen MR) is 60.3 cm³/mol. The third kappa shape index (κ3) is 1.31. The second kappa shape index (κ2) is 3.18. The van der Waals surface area contributed by atoms with Gasteiger partial charge < -0.3 is 5.11 Å².